The lowest BCUT2D eigenvalue weighted by Gasteiger charge is -2.24. The summed E-state index contributed by atoms with van der Waals surface area (Å²) < 4.78 is 6.19. The minimum Gasteiger partial charge on any atom is -0.489 e. The Morgan fingerprint density at radius 1 is 1.18 bits per heavy atom. The zero-order valence-corrected chi connectivity index (χ0v) is 13.8. The third-order valence-electron chi connectivity index (χ3n) is 4.63. The number of hydrogen-bond donors (Lipinski definition) is 1. The lowest BCUT2D eigenvalue weighted by atomic mass is 9.88. The molecule has 2 atom stereocenters. The minimum atomic E-state index is 0.311. The Labute approximate surface area is 140 Å². The number of rotatable bonds is 1. The van der Waals surface area contributed by atoms with E-state index < -0.39 is 0 Å². The van der Waals surface area contributed by atoms with Crippen LogP contribution in [0.25, 0.3) is 11.1 Å². The molecule has 2 nitrogen and oxygen atoms in total. The molecule has 2 aliphatic heterocycles. The molecule has 2 aromatic carbocycles. The van der Waals surface area contributed by atoms with Gasteiger partial charge >= 0.3 is 0 Å². The Kier molecular flexibility index (Phi) is 3.56. The molecule has 4 rings (SSSR count). The first-order chi connectivity index (χ1) is 10.6. The van der Waals surface area contributed by atoms with Crippen molar-refractivity contribution in [3.8, 4) is 16.9 Å². The molecule has 22 heavy (non-hydrogen) atoms. The van der Waals surface area contributed by atoms with Crippen molar-refractivity contribution in [1.29, 1.82) is 0 Å². The van der Waals surface area contributed by atoms with Gasteiger partial charge in [0.1, 0.15) is 11.9 Å². The maximum Gasteiger partial charge on any atom is 0.126 e. The molecule has 114 valence electrons. The predicted octanol–water partition coefficient (Wildman–Crippen LogP) is 4.81. The highest BCUT2D eigenvalue weighted by Crippen LogP contribution is 2.45. The van der Waals surface area contributed by atoms with Crippen molar-refractivity contribution in [2.75, 3.05) is 13.1 Å². The summed E-state index contributed by atoms with van der Waals surface area (Å²) in [5.74, 6) is 1.50. The zero-order chi connectivity index (χ0) is 15.3. The van der Waals surface area contributed by atoms with Crippen molar-refractivity contribution >= 4 is 23.2 Å². The Balaban J connectivity index is 1.82. The van der Waals surface area contributed by atoms with Crippen LogP contribution in [-0.4, -0.2) is 19.2 Å². The first-order valence-electron chi connectivity index (χ1n) is 7.61. The van der Waals surface area contributed by atoms with Gasteiger partial charge in [0.25, 0.3) is 0 Å². The summed E-state index contributed by atoms with van der Waals surface area (Å²) in [5, 5.41) is 4.81. The van der Waals surface area contributed by atoms with E-state index in [1.807, 2.05) is 12.1 Å². The van der Waals surface area contributed by atoms with Crippen LogP contribution in [0.3, 0.4) is 0 Å². The van der Waals surface area contributed by atoms with Gasteiger partial charge < -0.3 is 10.1 Å². The van der Waals surface area contributed by atoms with Crippen LogP contribution in [0.4, 0.5) is 0 Å². The molecule has 4 heteroatoms. The van der Waals surface area contributed by atoms with Crippen LogP contribution in [0.5, 0.6) is 5.75 Å². The van der Waals surface area contributed by atoms with Crippen LogP contribution >= 0.6 is 23.2 Å². The second-order valence-electron chi connectivity index (χ2n) is 6.09. The van der Waals surface area contributed by atoms with Gasteiger partial charge in [0.2, 0.25) is 0 Å². The SMILES string of the molecule is Cc1cc(-c2ccc(Cl)cc2Cl)cc2c1OC1CCNCC21. The standard InChI is InChI=1S/C18H17Cl2NO/c1-10-6-11(13-3-2-12(19)8-16(13)20)7-14-15-9-21-5-4-17(15)22-18(10)14/h2-3,6-8,15,17,21H,4-5,9H2,1H3. The summed E-state index contributed by atoms with van der Waals surface area (Å²) in [6, 6.07) is 10.0. The predicted molar refractivity (Wildman–Crippen MR) is 91.3 cm³/mol. The van der Waals surface area contributed by atoms with Crippen molar-refractivity contribution in [1.82, 2.24) is 5.32 Å². The first-order valence-corrected chi connectivity index (χ1v) is 8.36. The van der Waals surface area contributed by atoms with Gasteiger partial charge in [0.15, 0.2) is 0 Å². The second kappa shape index (κ2) is 5.45. The number of ether oxygens (including phenoxy) is 1. The highest BCUT2D eigenvalue weighted by Gasteiger charge is 2.37. The number of piperidine rings is 1. The van der Waals surface area contributed by atoms with Gasteiger partial charge in [0, 0.05) is 33.6 Å². The Hall–Kier alpha value is -1.22. The van der Waals surface area contributed by atoms with Gasteiger partial charge in [-0.1, -0.05) is 29.3 Å². The average Bonchev–Trinajstić information content (AvgIpc) is 2.87. The number of halogens is 2. The van der Waals surface area contributed by atoms with E-state index in [1.165, 1.54) is 11.1 Å². The van der Waals surface area contributed by atoms with Crippen molar-refractivity contribution < 1.29 is 4.74 Å². The molecule has 1 N–H and O–H groups in total. The van der Waals surface area contributed by atoms with Crippen molar-refractivity contribution in [3.05, 3.63) is 51.5 Å². The van der Waals surface area contributed by atoms with Crippen LogP contribution in [0.15, 0.2) is 30.3 Å². The van der Waals surface area contributed by atoms with E-state index in [-0.39, 0.29) is 0 Å². The third-order valence-corrected chi connectivity index (χ3v) is 5.18. The fourth-order valence-corrected chi connectivity index (χ4v) is 4.07. The van der Waals surface area contributed by atoms with E-state index >= 15 is 0 Å². The van der Waals surface area contributed by atoms with Crippen molar-refractivity contribution in [3.63, 3.8) is 0 Å². The molecule has 0 saturated carbocycles. The summed E-state index contributed by atoms with van der Waals surface area (Å²) in [6.45, 7) is 4.12. The Morgan fingerprint density at radius 2 is 2.05 bits per heavy atom. The lowest BCUT2D eigenvalue weighted by Crippen LogP contribution is -2.37. The summed E-state index contributed by atoms with van der Waals surface area (Å²) in [6.07, 6.45) is 1.38. The molecule has 1 saturated heterocycles. The molecule has 2 heterocycles. The van der Waals surface area contributed by atoms with E-state index in [0.29, 0.717) is 22.1 Å². The third kappa shape index (κ3) is 2.30. The van der Waals surface area contributed by atoms with E-state index in [0.717, 1.165) is 36.4 Å². The fourth-order valence-electron chi connectivity index (χ4n) is 3.55. The van der Waals surface area contributed by atoms with Gasteiger partial charge in [-0.25, -0.2) is 0 Å². The van der Waals surface area contributed by atoms with Crippen LogP contribution in [-0.2, 0) is 0 Å². The number of benzene rings is 2. The number of aryl methyl sites for hydroxylation is 1. The molecular weight excluding hydrogens is 317 g/mol. The van der Waals surface area contributed by atoms with Gasteiger partial charge in [0.05, 0.1) is 0 Å². The average molecular weight is 334 g/mol. The molecule has 0 aliphatic carbocycles. The highest BCUT2D eigenvalue weighted by molar-refractivity contribution is 6.36. The highest BCUT2D eigenvalue weighted by atomic mass is 35.5. The van der Waals surface area contributed by atoms with Gasteiger partial charge in [-0.15, -0.1) is 0 Å². The normalized spacial score (nSPS) is 22.9. The molecule has 2 aromatic rings. The Morgan fingerprint density at radius 3 is 2.86 bits per heavy atom. The number of nitrogens with one attached hydrogen (secondary N) is 1. The summed E-state index contributed by atoms with van der Waals surface area (Å²) in [5.41, 5.74) is 4.63. The molecule has 2 unspecified atom stereocenters. The summed E-state index contributed by atoms with van der Waals surface area (Å²) >= 11 is 12.4. The molecule has 2 aliphatic rings. The fraction of sp³-hybridized carbons (Fsp3) is 0.333. The maximum absolute atomic E-state index is 6.38. The number of fused-ring (bicyclic) bond motifs is 3. The van der Waals surface area contributed by atoms with Crippen LogP contribution < -0.4 is 10.1 Å². The van der Waals surface area contributed by atoms with Gasteiger partial charge in [-0.05, 0) is 55.3 Å². The van der Waals surface area contributed by atoms with Crippen molar-refractivity contribution in [2.45, 2.75) is 25.4 Å². The molecule has 0 amide bonds. The topological polar surface area (TPSA) is 21.3 Å². The Bertz CT molecular complexity index is 744. The van der Waals surface area contributed by atoms with Crippen molar-refractivity contribution in [2.24, 2.45) is 0 Å². The smallest absolute Gasteiger partial charge is 0.126 e. The van der Waals surface area contributed by atoms with Crippen LogP contribution in [0.2, 0.25) is 10.0 Å². The van der Waals surface area contributed by atoms with Crippen LogP contribution in [0, 0.1) is 6.92 Å². The van der Waals surface area contributed by atoms with E-state index in [2.05, 4.69) is 24.4 Å². The van der Waals surface area contributed by atoms with E-state index in [4.69, 9.17) is 27.9 Å². The summed E-state index contributed by atoms with van der Waals surface area (Å²) in [7, 11) is 0. The summed E-state index contributed by atoms with van der Waals surface area (Å²) in [4.78, 5) is 0. The monoisotopic (exact) mass is 333 g/mol. The maximum atomic E-state index is 6.38. The molecule has 0 aromatic heterocycles. The molecule has 1 fully saturated rings. The molecule has 0 radical (unpaired) electrons. The van der Waals surface area contributed by atoms with E-state index in [9.17, 15) is 0 Å². The quantitative estimate of drug-likeness (QED) is 0.808. The molecular formula is C18H17Cl2NO. The van der Waals surface area contributed by atoms with Gasteiger partial charge in [-0.3, -0.25) is 0 Å². The van der Waals surface area contributed by atoms with Crippen LogP contribution in [0.1, 0.15) is 23.5 Å². The van der Waals surface area contributed by atoms with Gasteiger partial charge in [-0.2, -0.15) is 0 Å². The first kappa shape index (κ1) is 14.4. The second-order valence-corrected chi connectivity index (χ2v) is 6.93. The minimum absolute atomic E-state index is 0.311. The van der Waals surface area contributed by atoms with E-state index in [1.54, 1.807) is 6.07 Å². The lowest BCUT2D eigenvalue weighted by molar-refractivity contribution is 0.171. The molecule has 0 bridgehead atoms. The largest absolute Gasteiger partial charge is 0.489 e. The zero-order valence-electron chi connectivity index (χ0n) is 12.3. The molecule has 0 spiro atoms. The number of hydrogen-bond acceptors (Lipinski definition) is 2.